The molecule has 0 saturated heterocycles. The third-order valence-electron chi connectivity index (χ3n) is 1.46. The lowest BCUT2D eigenvalue weighted by Crippen LogP contribution is -2.02. The van der Waals surface area contributed by atoms with Crippen molar-refractivity contribution in [3.63, 3.8) is 0 Å². The second-order valence-electron chi connectivity index (χ2n) is 2.55. The van der Waals surface area contributed by atoms with Crippen molar-refractivity contribution < 1.29 is 23.8 Å². The highest BCUT2D eigenvalue weighted by molar-refractivity contribution is 7.31. The zero-order valence-electron chi connectivity index (χ0n) is 7.34. The summed E-state index contributed by atoms with van der Waals surface area (Å²) in [5.41, 5.74) is 1.25. The van der Waals surface area contributed by atoms with E-state index in [1.165, 1.54) is 12.1 Å². The van der Waals surface area contributed by atoms with Gasteiger partial charge in [0, 0.05) is 4.57 Å². The Labute approximate surface area is 81.2 Å². The first kappa shape index (κ1) is 10.8. The van der Waals surface area contributed by atoms with Gasteiger partial charge >= 0.3 is 14.2 Å². The molecule has 0 amide bonds. The Kier molecular flexibility index (Phi) is 3.71. The minimum atomic E-state index is -2.92. The van der Waals surface area contributed by atoms with Gasteiger partial charge in [-0.25, -0.2) is 9.68 Å². The van der Waals surface area contributed by atoms with Crippen LogP contribution >= 0.6 is 8.25 Å². The summed E-state index contributed by atoms with van der Waals surface area (Å²) in [4.78, 5) is 23.3. The summed E-state index contributed by atoms with van der Waals surface area (Å²) in [6, 6.07) is 6.50. The molecule has 0 aliphatic rings. The van der Waals surface area contributed by atoms with Crippen LogP contribution in [-0.2, 0) is 14.1 Å². The van der Waals surface area contributed by atoms with E-state index in [1.807, 2.05) is 6.92 Å². The normalized spacial score (nSPS) is 10.9. The molecule has 0 radical (unpaired) electrons. The summed E-state index contributed by atoms with van der Waals surface area (Å²) in [5, 5.41) is 0. The molecule has 1 rings (SSSR count). The molecule has 0 aliphatic carbocycles. The van der Waals surface area contributed by atoms with Crippen LogP contribution in [0.3, 0.4) is 0 Å². The minimum Gasteiger partial charge on any atom is -0.246 e. The van der Waals surface area contributed by atoms with Crippen molar-refractivity contribution in [3.8, 4) is 0 Å². The molecule has 1 atom stereocenters. The molecular formula is C8H8O5P+. The Bertz CT molecular complexity index is 345. The third-order valence-corrected chi connectivity index (χ3v) is 1.67. The fourth-order valence-electron chi connectivity index (χ4n) is 0.803. The zero-order chi connectivity index (χ0) is 10.6. The summed E-state index contributed by atoms with van der Waals surface area (Å²) >= 11 is 0. The molecule has 5 nitrogen and oxygen atoms in total. The standard InChI is InChI=1S/C8H7O5P/c1-6-2-4-7(5-3-6)8(9)12-13-14(10)11/h2-5H,1H3/p+1. The molecule has 0 saturated carbocycles. The summed E-state index contributed by atoms with van der Waals surface area (Å²) in [6.07, 6.45) is 0. The van der Waals surface area contributed by atoms with Crippen LogP contribution in [0.2, 0.25) is 0 Å². The monoisotopic (exact) mass is 215 g/mol. The molecule has 0 aliphatic heterocycles. The molecule has 74 valence electrons. The quantitative estimate of drug-likeness (QED) is 0.472. The van der Waals surface area contributed by atoms with E-state index in [1.54, 1.807) is 12.1 Å². The van der Waals surface area contributed by atoms with E-state index in [-0.39, 0.29) is 5.56 Å². The number of rotatable bonds is 3. The average molecular weight is 215 g/mol. The summed E-state index contributed by atoms with van der Waals surface area (Å²) in [6.45, 7) is 1.87. The molecule has 1 aromatic carbocycles. The highest BCUT2D eigenvalue weighted by Gasteiger charge is 2.19. The molecule has 0 fully saturated rings. The molecule has 0 bridgehead atoms. The van der Waals surface area contributed by atoms with Gasteiger partial charge < -0.3 is 0 Å². The average Bonchev–Trinajstić information content (AvgIpc) is 2.15. The Hall–Kier alpha value is -1.29. The Morgan fingerprint density at radius 3 is 2.43 bits per heavy atom. The first-order valence-corrected chi connectivity index (χ1v) is 4.84. The van der Waals surface area contributed by atoms with Crippen molar-refractivity contribution >= 4 is 14.2 Å². The van der Waals surface area contributed by atoms with Crippen LogP contribution in [0.5, 0.6) is 0 Å². The Morgan fingerprint density at radius 2 is 1.93 bits per heavy atom. The van der Waals surface area contributed by atoms with E-state index < -0.39 is 14.2 Å². The lowest BCUT2D eigenvalue weighted by molar-refractivity contribution is -0.150. The van der Waals surface area contributed by atoms with Crippen LogP contribution in [0.4, 0.5) is 0 Å². The molecule has 6 heteroatoms. The van der Waals surface area contributed by atoms with Gasteiger partial charge in [0.2, 0.25) is 0 Å². The molecule has 1 unspecified atom stereocenters. The van der Waals surface area contributed by atoms with Crippen molar-refractivity contribution in [1.29, 1.82) is 0 Å². The van der Waals surface area contributed by atoms with Gasteiger partial charge in [-0.15, -0.1) is 4.89 Å². The van der Waals surface area contributed by atoms with Gasteiger partial charge in [0.1, 0.15) is 4.67 Å². The topological polar surface area (TPSA) is 72.8 Å². The maximum absolute atomic E-state index is 11.1. The van der Waals surface area contributed by atoms with Crippen molar-refractivity contribution in [2.75, 3.05) is 0 Å². The number of hydrogen-bond donors (Lipinski definition) is 1. The van der Waals surface area contributed by atoms with E-state index in [0.717, 1.165) is 5.56 Å². The fourth-order valence-corrected chi connectivity index (χ4v) is 0.935. The van der Waals surface area contributed by atoms with Gasteiger partial charge in [0.05, 0.1) is 5.56 Å². The lowest BCUT2D eigenvalue weighted by atomic mass is 10.2. The second kappa shape index (κ2) is 4.81. The van der Waals surface area contributed by atoms with Crippen LogP contribution in [-0.4, -0.2) is 10.9 Å². The number of hydrogen-bond acceptors (Lipinski definition) is 4. The van der Waals surface area contributed by atoms with Gasteiger partial charge in [-0.05, 0) is 19.1 Å². The minimum absolute atomic E-state index is 0.257. The van der Waals surface area contributed by atoms with Gasteiger partial charge in [-0.2, -0.15) is 0 Å². The van der Waals surface area contributed by atoms with Crippen molar-refractivity contribution in [1.82, 2.24) is 0 Å². The molecular weight excluding hydrogens is 207 g/mol. The molecule has 14 heavy (non-hydrogen) atoms. The Morgan fingerprint density at radius 1 is 1.36 bits per heavy atom. The maximum Gasteiger partial charge on any atom is 0.736 e. The van der Waals surface area contributed by atoms with E-state index >= 15 is 0 Å². The van der Waals surface area contributed by atoms with E-state index in [9.17, 15) is 9.36 Å². The Balaban J connectivity index is 2.61. The van der Waals surface area contributed by atoms with Crippen molar-refractivity contribution in [2.24, 2.45) is 0 Å². The second-order valence-corrected chi connectivity index (χ2v) is 3.17. The van der Waals surface area contributed by atoms with Gasteiger partial charge in [0.15, 0.2) is 0 Å². The van der Waals surface area contributed by atoms with Crippen LogP contribution in [0.15, 0.2) is 24.3 Å². The van der Waals surface area contributed by atoms with E-state index in [4.69, 9.17) is 4.89 Å². The van der Waals surface area contributed by atoms with Crippen LogP contribution < -0.4 is 0 Å². The summed E-state index contributed by atoms with van der Waals surface area (Å²) in [5.74, 6) is -0.803. The number of carbonyl (C=O) groups excluding carboxylic acids is 1. The zero-order valence-corrected chi connectivity index (χ0v) is 8.23. The predicted molar refractivity (Wildman–Crippen MR) is 47.5 cm³/mol. The number of benzene rings is 1. The molecule has 0 aromatic heterocycles. The SMILES string of the molecule is Cc1ccc(C(=O)OO[P+](=O)O)cc1. The van der Waals surface area contributed by atoms with Crippen LogP contribution in [0.1, 0.15) is 15.9 Å². The molecule has 0 spiro atoms. The van der Waals surface area contributed by atoms with Gasteiger partial charge in [-0.1, -0.05) is 17.7 Å². The van der Waals surface area contributed by atoms with Crippen LogP contribution in [0, 0.1) is 6.92 Å². The highest BCUT2D eigenvalue weighted by atomic mass is 31.1. The van der Waals surface area contributed by atoms with E-state index in [2.05, 4.69) is 9.56 Å². The van der Waals surface area contributed by atoms with E-state index in [0.29, 0.717) is 0 Å². The smallest absolute Gasteiger partial charge is 0.246 e. The summed E-state index contributed by atoms with van der Waals surface area (Å²) < 4.78 is 13.8. The van der Waals surface area contributed by atoms with Crippen LogP contribution in [0.25, 0.3) is 0 Å². The highest BCUT2D eigenvalue weighted by Crippen LogP contribution is 2.16. The van der Waals surface area contributed by atoms with Gasteiger partial charge in [0.25, 0.3) is 0 Å². The molecule has 1 N–H and O–H groups in total. The fraction of sp³-hybridized carbons (Fsp3) is 0.125. The number of aryl methyl sites for hydroxylation is 1. The molecule has 1 aromatic rings. The van der Waals surface area contributed by atoms with Crippen molar-refractivity contribution in [2.45, 2.75) is 6.92 Å². The summed E-state index contributed by atoms with van der Waals surface area (Å²) in [7, 11) is -2.92. The largest absolute Gasteiger partial charge is 0.736 e. The van der Waals surface area contributed by atoms with Crippen molar-refractivity contribution in [3.05, 3.63) is 35.4 Å². The maximum atomic E-state index is 11.1. The number of carbonyl (C=O) groups is 1. The predicted octanol–water partition coefficient (Wildman–Crippen LogP) is 1.73. The first-order chi connectivity index (χ1) is 6.59. The molecule has 0 heterocycles. The van der Waals surface area contributed by atoms with Gasteiger partial charge in [-0.3, -0.25) is 0 Å². The third kappa shape index (κ3) is 3.22. The lowest BCUT2D eigenvalue weighted by Gasteiger charge is -1.96. The first-order valence-electron chi connectivity index (χ1n) is 3.71.